The highest BCUT2D eigenvalue weighted by Crippen LogP contribution is 2.28. The Balaban J connectivity index is 1.86. The van der Waals surface area contributed by atoms with E-state index in [1.54, 1.807) is 18.2 Å². The third-order valence-electron chi connectivity index (χ3n) is 4.01. The van der Waals surface area contributed by atoms with Crippen molar-refractivity contribution in [2.24, 2.45) is 0 Å². The average Bonchev–Trinajstić information content (AvgIpc) is 2.65. The molecule has 0 fully saturated rings. The number of hydrogen-bond donors (Lipinski definition) is 2. The third-order valence-corrected chi connectivity index (χ3v) is 5.98. The van der Waals surface area contributed by atoms with Gasteiger partial charge in [0.2, 0.25) is 5.91 Å². The molecule has 0 aromatic heterocycles. The molecule has 2 aromatic carbocycles. The van der Waals surface area contributed by atoms with Crippen molar-refractivity contribution < 1.29 is 18.1 Å². The van der Waals surface area contributed by atoms with Gasteiger partial charge in [0.15, 0.2) is 9.84 Å². The highest BCUT2D eigenvalue weighted by atomic mass is 35.5. The second-order valence-electron chi connectivity index (χ2n) is 6.20. The lowest BCUT2D eigenvalue weighted by molar-refractivity contribution is -0.384. The molecular formula is C18H19Cl2N3O5S. The van der Waals surface area contributed by atoms with Gasteiger partial charge in [-0.05, 0) is 30.2 Å². The van der Waals surface area contributed by atoms with Gasteiger partial charge in [0.1, 0.15) is 5.69 Å². The zero-order chi connectivity index (χ0) is 21.6. The van der Waals surface area contributed by atoms with Gasteiger partial charge < -0.3 is 10.6 Å². The molecule has 0 radical (unpaired) electrons. The van der Waals surface area contributed by atoms with Crippen molar-refractivity contribution >= 4 is 50.3 Å². The van der Waals surface area contributed by atoms with E-state index in [1.807, 2.05) is 0 Å². The SMILES string of the molecule is CS(=O)(=O)c1ccc(NCCNC(=O)CCc2cccc(Cl)c2Cl)c([N+](=O)[O-])c1. The number of carbonyl (C=O) groups excluding carboxylic acids is 1. The maximum atomic E-state index is 12.0. The number of carbonyl (C=O) groups is 1. The van der Waals surface area contributed by atoms with Crippen LogP contribution in [0.4, 0.5) is 11.4 Å². The van der Waals surface area contributed by atoms with E-state index >= 15 is 0 Å². The molecule has 2 N–H and O–H groups in total. The molecule has 0 spiro atoms. The number of hydrogen-bond acceptors (Lipinski definition) is 6. The van der Waals surface area contributed by atoms with Gasteiger partial charge in [-0.2, -0.15) is 0 Å². The first-order valence-corrected chi connectivity index (χ1v) is 11.2. The van der Waals surface area contributed by atoms with Crippen LogP contribution >= 0.6 is 23.2 Å². The molecule has 0 bridgehead atoms. The predicted octanol–water partition coefficient (Wildman–Crippen LogP) is 3.47. The first kappa shape index (κ1) is 22.9. The van der Waals surface area contributed by atoms with Crippen molar-refractivity contribution in [1.82, 2.24) is 5.32 Å². The molecular weight excluding hydrogens is 441 g/mol. The average molecular weight is 460 g/mol. The molecule has 0 unspecified atom stereocenters. The second-order valence-corrected chi connectivity index (χ2v) is 9.00. The minimum Gasteiger partial charge on any atom is -0.378 e. The third kappa shape index (κ3) is 6.59. The number of nitrogens with zero attached hydrogens (tertiary/aromatic N) is 1. The Labute approximate surface area is 178 Å². The first-order chi connectivity index (χ1) is 13.6. The summed E-state index contributed by atoms with van der Waals surface area (Å²) in [5.74, 6) is -0.204. The van der Waals surface area contributed by atoms with Crippen LogP contribution in [-0.2, 0) is 21.1 Å². The smallest absolute Gasteiger partial charge is 0.293 e. The van der Waals surface area contributed by atoms with Crippen molar-refractivity contribution in [3.05, 3.63) is 62.1 Å². The van der Waals surface area contributed by atoms with Crippen LogP contribution in [0.3, 0.4) is 0 Å². The fourth-order valence-electron chi connectivity index (χ4n) is 2.52. The minimum atomic E-state index is -3.55. The lowest BCUT2D eigenvalue weighted by Crippen LogP contribution is -2.29. The van der Waals surface area contributed by atoms with Crippen LogP contribution < -0.4 is 10.6 Å². The molecule has 29 heavy (non-hydrogen) atoms. The van der Waals surface area contributed by atoms with Crippen molar-refractivity contribution in [3.63, 3.8) is 0 Å². The summed E-state index contributed by atoms with van der Waals surface area (Å²) in [7, 11) is -3.55. The first-order valence-electron chi connectivity index (χ1n) is 8.51. The molecule has 0 atom stereocenters. The summed E-state index contributed by atoms with van der Waals surface area (Å²) >= 11 is 12.0. The van der Waals surface area contributed by atoms with Crippen LogP contribution in [0.25, 0.3) is 0 Å². The maximum absolute atomic E-state index is 12.0. The summed E-state index contributed by atoms with van der Waals surface area (Å²) in [6.45, 7) is 0.454. The molecule has 0 heterocycles. The maximum Gasteiger partial charge on any atom is 0.293 e. The van der Waals surface area contributed by atoms with Gasteiger partial charge in [0, 0.05) is 31.8 Å². The topological polar surface area (TPSA) is 118 Å². The van der Waals surface area contributed by atoms with Crippen LogP contribution in [0.15, 0.2) is 41.3 Å². The van der Waals surface area contributed by atoms with E-state index in [2.05, 4.69) is 10.6 Å². The minimum absolute atomic E-state index is 0.136. The summed E-state index contributed by atoms with van der Waals surface area (Å²) < 4.78 is 23.1. The van der Waals surface area contributed by atoms with Crippen molar-refractivity contribution in [2.75, 3.05) is 24.7 Å². The normalized spacial score (nSPS) is 11.1. The Morgan fingerprint density at radius 1 is 1.17 bits per heavy atom. The number of aryl methyl sites for hydroxylation is 1. The van der Waals surface area contributed by atoms with Crippen LogP contribution in [0.1, 0.15) is 12.0 Å². The number of sulfone groups is 1. The fraction of sp³-hybridized carbons (Fsp3) is 0.278. The standard InChI is InChI=1S/C18H19Cl2N3O5S/c1-29(27,28)13-6-7-15(16(11-13)23(25)26)21-9-10-22-17(24)8-5-12-3-2-4-14(19)18(12)20/h2-4,6-7,11,21H,5,8-10H2,1H3,(H,22,24). The molecule has 1 amide bonds. The number of anilines is 1. The number of halogens is 2. The Kier molecular flexibility index (Phi) is 7.83. The van der Waals surface area contributed by atoms with E-state index in [0.717, 1.165) is 17.9 Å². The van der Waals surface area contributed by atoms with Gasteiger partial charge in [0.25, 0.3) is 5.69 Å². The predicted molar refractivity (Wildman–Crippen MR) is 112 cm³/mol. The number of nitrogens with one attached hydrogen (secondary N) is 2. The quantitative estimate of drug-likeness (QED) is 0.336. The molecule has 0 saturated heterocycles. The summed E-state index contributed by atoms with van der Waals surface area (Å²) in [5, 5.41) is 17.6. The summed E-state index contributed by atoms with van der Waals surface area (Å²) in [5.41, 5.74) is 0.589. The summed E-state index contributed by atoms with van der Waals surface area (Å²) in [6.07, 6.45) is 1.62. The molecule has 0 aliphatic rings. The lowest BCUT2D eigenvalue weighted by Gasteiger charge is -2.10. The zero-order valence-electron chi connectivity index (χ0n) is 15.4. The van der Waals surface area contributed by atoms with Crippen LogP contribution in [0.2, 0.25) is 10.0 Å². The summed E-state index contributed by atoms with van der Waals surface area (Å²) in [4.78, 5) is 22.4. The van der Waals surface area contributed by atoms with Gasteiger partial charge in [0.05, 0.1) is 19.9 Å². The van der Waals surface area contributed by atoms with Crippen LogP contribution in [0.5, 0.6) is 0 Å². The van der Waals surface area contributed by atoms with E-state index in [-0.39, 0.29) is 41.7 Å². The number of benzene rings is 2. The highest BCUT2D eigenvalue weighted by molar-refractivity contribution is 7.90. The second kappa shape index (κ2) is 9.91. The van der Waals surface area contributed by atoms with Crippen LogP contribution in [-0.4, -0.2) is 38.6 Å². The van der Waals surface area contributed by atoms with Gasteiger partial charge in [-0.15, -0.1) is 0 Å². The molecule has 156 valence electrons. The number of rotatable bonds is 9. The van der Waals surface area contributed by atoms with Crippen molar-refractivity contribution in [2.45, 2.75) is 17.7 Å². The largest absolute Gasteiger partial charge is 0.378 e. The van der Waals surface area contributed by atoms with Gasteiger partial charge in [-0.25, -0.2) is 8.42 Å². The molecule has 8 nitrogen and oxygen atoms in total. The van der Waals surface area contributed by atoms with Gasteiger partial charge in [-0.1, -0.05) is 35.3 Å². The van der Waals surface area contributed by atoms with E-state index in [1.165, 1.54) is 12.1 Å². The lowest BCUT2D eigenvalue weighted by atomic mass is 10.1. The Hall–Kier alpha value is -2.36. The molecule has 0 aliphatic carbocycles. The van der Waals surface area contributed by atoms with Gasteiger partial charge in [-0.3, -0.25) is 14.9 Å². The molecule has 0 saturated carbocycles. The van der Waals surface area contributed by atoms with E-state index < -0.39 is 14.8 Å². The van der Waals surface area contributed by atoms with Gasteiger partial charge >= 0.3 is 0 Å². The highest BCUT2D eigenvalue weighted by Gasteiger charge is 2.18. The number of nitro benzene ring substituents is 1. The fourth-order valence-corrected chi connectivity index (χ4v) is 3.58. The molecule has 2 rings (SSSR count). The number of amides is 1. The zero-order valence-corrected chi connectivity index (χ0v) is 17.8. The Morgan fingerprint density at radius 3 is 2.55 bits per heavy atom. The van der Waals surface area contributed by atoms with Crippen molar-refractivity contribution in [3.8, 4) is 0 Å². The van der Waals surface area contributed by atoms with Crippen molar-refractivity contribution in [1.29, 1.82) is 0 Å². The number of nitro groups is 1. The van der Waals surface area contributed by atoms with E-state index in [4.69, 9.17) is 23.2 Å². The molecule has 11 heteroatoms. The monoisotopic (exact) mass is 459 g/mol. The summed E-state index contributed by atoms with van der Waals surface area (Å²) in [6, 6.07) is 8.84. The Morgan fingerprint density at radius 2 is 1.90 bits per heavy atom. The molecule has 2 aromatic rings. The Bertz CT molecular complexity index is 1030. The van der Waals surface area contributed by atoms with E-state index in [9.17, 15) is 23.3 Å². The molecule has 0 aliphatic heterocycles. The van der Waals surface area contributed by atoms with Crippen LogP contribution in [0, 0.1) is 10.1 Å². The van der Waals surface area contributed by atoms with E-state index in [0.29, 0.717) is 16.5 Å².